The van der Waals surface area contributed by atoms with Gasteiger partial charge in [0.1, 0.15) is 24.1 Å². The second-order valence-electron chi connectivity index (χ2n) is 5.59. The summed E-state index contributed by atoms with van der Waals surface area (Å²) in [5.74, 6) is 0.829. The third-order valence-electron chi connectivity index (χ3n) is 4.06. The fourth-order valence-electron chi connectivity index (χ4n) is 2.67. The molecule has 5 nitrogen and oxygen atoms in total. The van der Waals surface area contributed by atoms with Gasteiger partial charge in [0.05, 0.1) is 19.3 Å². The molecule has 1 aliphatic rings. The van der Waals surface area contributed by atoms with Gasteiger partial charge in [-0.05, 0) is 43.9 Å². The van der Waals surface area contributed by atoms with Gasteiger partial charge >= 0.3 is 0 Å². The topological polar surface area (TPSA) is 79.2 Å². The number of hydrogen-bond acceptors (Lipinski definition) is 5. The van der Waals surface area contributed by atoms with Crippen LogP contribution in [-0.2, 0) is 11.2 Å². The number of aliphatic hydroxyl groups excluding tert-OH is 3. The van der Waals surface area contributed by atoms with Crippen LogP contribution in [-0.4, -0.2) is 52.9 Å². The number of aliphatic hydroxyl groups is 3. The molecule has 1 heterocycles. The average Bonchev–Trinajstić information content (AvgIpc) is 2.51. The Hall–Kier alpha value is -1.14. The van der Waals surface area contributed by atoms with E-state index in [1.807, 2.05) is 24.3 Å². The van der Waals surface area contributed by atoms with Crippen molar-refractivity contribution in [3.8, 4) is 5.75 Å². The van der Waals surface area contributed by atoms with Crippen molar-refractivity contribution >= 4 is 0 Å². The molecule has 0 saturated carbocycles. The Morgan fingerprint density at radius 2 is 1.71 bits per heavy atom. The van der Waals surface area contributed by atoms with E-state index < -0.39 is 30.5 Å². The van der Waals surface area contributed by atoms with Crippen molar-refractivity contribution in [1.29, 1.82) is 0 Å². The minimum absolute atomic E-state index is 0.434. The van der Waals surface area contributed by atoms with Crippen LogP contribution in [0.1, 0.15) is 25.3 Å². The van der Waals surface area contributed by atoms with Crippen molar-refractivity contribution in [2.45, 2.75) is 56.7 Å². The minimum atomic E-state index is -1.14. The third-order valence-corrected chi connectivity index (χ3v) is 4.06. The van der Waals surface area contributed by atoms with E-state index in [0.717, 1.165) is 18.6 Å². The first-order valence-electron chi connectivity index (χ1n) is 7.35. The van der Waals surface area contributed by atoms with Crippen molar-refractivity contribution in [2.24, 2.45) is 0 Å². The standard InChI is InChI=1S/C16H24O5/c1-10-14(17)16(19)15(18)13(21-10)5-3-4-11-6-8-12(20-2)9-7-11/h6-10,13-19H,3-5H2,1-2H3/t10?,13-,14-,15?,16+/m0/s1. The quantitative estimate of drug-likeness (QED) is 0.752. The molecule has 21 heavy (non-hydrogen) atoms. The van der Waals surface area contributed by atoms with E-state index in [4.69, 9.17) is 9.47 Å². The number of hydrogen-bond donors (Lipinski definition) is 3. The van der Waals surface area contributed by atoms with Gasteiger partial charge in [0.15, 0.2) is 0 Å². The lowest BCUT2D eigenvalue weighted by molar-refractivity contribution is -0.218. The maximum Gasteiger partial charge on any atom is 0.118 e. The van der Waals surface area contributed by atoms with E-state index in [0.29, 0.717) is 6.42 Å². The first-order valence-corrected chi connectivity index (χ1v) is 7.35. The second-order valence-corrected chi connectivity index (χ2v) is 5.59. The maximum absolute atomic E-state index is 9.94. The van der Waals surface area contributed by atoms with Gasteiger partial charge in [-0.25, -0.2) is 0 Å². The van der Waals surface area contributed by atoms with Crippen LogP contribution >= 0.6 is 0 Å². The van der Waals surface area contributed by atoms with Gasteiger partial charge in [0.2, 0.25) is 0 Å². The average molecular weight is 296 g/mol. The van der Waals surface area contributed by atoms with Gasteiger partial charge in [-0.15, -0.1) is 0 Å². The molecule has 5 atom stereocenters. The molecule has 118 valence electrons. The Kier molecular flexibility index (Phi) is 5.58. The molecular formula is C16H24O5. The summed E-state index contributed by atoms with van der Waals surface area (Å²) in [4.78, 5) is 0. The van der Waals surface area contributed by atoms with E-state index in [2.05, 4.69) is 0 Å². The Morgan fingerprint density at radius 3 is 2.33 bits per heavy atom. The van der Waals surface area contributed by atoms with Crippen LogP contribution in [0.4, 0.5) is 0 Å². The first kappa shape index (κ1) is 16.2. The second kappa shape index (κ2) is 7.22. The van der Waals surface area contributed by atoms with E-state index >= 15 is 0 Å². The highest BCUT2D eigenvalue weighted by Gasteiger charge is 2.41. The van der Waals surface area contributed by atoms with E-state index in [1.54, 1.807) is 14.0 Å². The Balaban J connectivity index is 1.82. The molecule has 1 fully saturated rings. The predicted molar refractivity (Wildman–Crippen MR) is 78.3 cm³/mol. The van der Waals surface area contributed by atoms with Crippen LogP contribution < -0.4 is 4.74 Å². The van der Waals surface area contributed by atoms with Gasteiger partial charge in [-0.3, -0.25) is 0 Å². The van der Waals surface area contributed by atoms with Crippen LogP contribution in [0.5, 0.6) is 5.75 Å². The van der Waals surface area contributed by atoms with Crippen molar-refractivity contribution < 1.29 is 24.8 Å². The molecule has 2 rings (SSSR count). The fraction of sp³-hybridized carbons (Fsp3) is 0.625. The molecule has 0 aliphatic carbocycles. The molecule has 0 radical (unpaired) electrons. The number of rotatable bonds is 5. The number of benzene rings is 1. The number of ether oxygens (including phenoxy) is 2. The largest absolute Gasteiger partial charge is 0.497 e. The summed E-state index contributed by atoms with van der Waals surface area (Å²) in [6.45, 7) is 1.70. The minimum Gasteiger partial charge on any atom is -0.497 e. The monoisotopic (exact) mass is 296 g/mol. The van der Waals surface area contributed by atoms with Crippen molar-refractivity contribution in [3.05, 3.63) is 29.8 Å². The van der Waals surface area contributed by atoms with Crippen LogP contribution in [0.15, 0.2) is 24.3 Å². The molecule has 1 aromatic rings. The molecule has 0 bridgehead atoms. The number of methoxy groups -OCH3 is 1. The molecule has 1 aromatic carbocycles. The highest BCUT2D eigenvalue weighted by molar-refractivity contribution is 5.27. The Bertz CT molecular complexity index is 433. The van der Waals surface area contributed by atoms with Gasteiger partial charge in [-0.2, -0.15) is 0 Å². The highest BCUT2D eigenvalue weighted by Crippen LogP contribution is 2.24. The molecule has 0 spiro atoms. The summed E-state index contributed by atoms with van der Waals surface area (Å²) in [5.41, 5.74) is 1.19. The number of aryl methyl sites for hydroxylation is 1. The molecule has 0 amide bonds. The lowest BCUT2D eigenvalue weighted by Crippen LogP contribution is -2.56. The zero-order valence-corrected chi connectivity index (χ0v) is 12.5. The zero-order valence-electron chi connectivity index (χ0n) is 12.5. The smallest absolute Gasteiger partial charge is 0.118 e. The maximum atomic E-state index is 9.94. The molecule has 1 aliphatic heterocycles. The van der Waals surface area contributed by atoms with Crippen LogP contribution in [0.2, 0.25) is 0 Å². The van der Waals surface area contributed by atoms with E-state index in [1.165, 1.54) is 5.56 Å². The molecule has 1 saturated heterocycles. The predicted octanol–water partition coefficient (Wildman–Crippen LogP) is 0.888. The van der Waals surface area contributed by atoms with Crippen LogP contribution in [0, 0.1) is 0 Å². The molecule has 3 N–H and O–H groups in total. The summed E-state index contributed by atoms with van der Waals surface area (Å²) in [6, 6.07) is 7.86. The van der Waals surface area contributed by atoms with Gasteiger partial charge in [0.25, 0.3) is 0 Å². The Morgan fingerprint density at radius 1 is 1.05 bits per heavy atom. The van der Waals surface area contributed by atoms with E-state index in [-0.39, 0.29) is 0 Å². The zero-order chi connectivity index (χ0) is 15.4. The fourth-order valence-corrected chi connectivity index (χ4v) is 2.67. The summed E-state index contributed by atoms with van der Waals surface area (Å²) >= 11 is 0. The molecule has 2 unspecified atom stereocenters. The van der Waals surface area contributed by atoms with Crippen molar-refractivity contribution in [1.82, 2.24) is 0 Å². The molecule has 5 heteroatoms. The lowest BCUT2D eigenvalue weighted by Gasteiger charge is -2.39. The molecular weight excluding hydrogens is 272 g/mol. The molecule has 0 aromatic heterocycles. The van der Waals surface area contributed by atoms with E-state index in [9.17, 15) is 15.3 Å². The lowest BCUT2D eigenvalue weighted by atomic mass is 9.92. The van der Waals surface area contributed by atoms with Gasteiger partial charge in [-0.1, -0.05) is 12.1 Å². The van der Waals surface area contributed by atoms with Crippen molar-refractivity contribution in [2.75, 3.05) is 7.11 Å². The van der Waals surface area contributed by atoms with Gasteiger partial charge in [0, 0.05) is 0 Å². The van der Waals surface area contributed by atoms with Crippen molar-refractivity contribution in [3.63, 3.8) is 0 Å². The Labute approximate surface area is 125 Å². The third kappa shape index (κ3) is 3.95. The first-order chi connectivity index (χ1) is 10.0. The summed E-state index contributed by atoms with van der Waals surface area (Å²) < 4.78 is 10.7. The summed E-state index contributed by atoms with van der Waals surface area (Å²) in [5, 5.41) is 29.3. The van der Waals surface area contributed by atoms with Gasteiger partial charge < -0.3 is 24.8 Å². The highest BCUT2D eigenvalue weighted by atomic mass is 16.5. The summed E-state index contributed by atoms with van der Waals surface area (Å²) in [7, 11) is 1.64. The summed E-state index contributed by atoms with van der Waals surface area (Å²) in [6.07, 6.45) is -1.76. The van der Waals surface area contributed by atoms with Crippen LogP contribution in [0.3, 0.4) is 0 Å². The SMILES string of the molecule is COc1ccc(CCC[C@@H]2OC(C)[C@H](O)[C@@H](O)C2O)cc1. The van der Waals surface area contributed by atoms with Crippen LogP contribution in [0.25, 0.3) is 0 Å². The normalized spacial score (nSPS) is 32.9.